The second kappa shape index (κ2) is 11.0. The van der Waals surface area contributed by atoms with Crippen LogP contribution >= 0.6 is 0 Å². The summed E-state index contributed by atoms with van der Waals surface area (Å²) in [6.45, 7) is 11.2. The van der Waals surface area contributed by atoms with Crippen LogP contribution in [0.15, 0.2) is 36.5 Å². The van der Waals surface area contributed by atoms with Crippen molar-refractivity contribution in [3.63, 3.8) is 0 Å². The minimum atomic E-state index is -0.475. The highest BCUT2D eigenvalue weighted by Gasteiger charge is 2.33. The van der Waals surface area contributed by atoms with E-state index in [4.69, 9.17) is 9.47 Å². The lowest BCUT2D eigenvalue weighted by atomic mass is 9.96. The monoisotopic (exact) mass is 535 g/mol. The number of aromatic nitrogens is 1. The number of hydrogen-bond acceptors (Lipinski definition) is 7. The second-order valence-corrected chi connectivity index (χ2v) is 12.0. The maximum absolute atomic E-state index is 12.5. The Labute approximate surface area is 231 Å². The third-order valence-corrected chi connectivity index (χ3v) is 7.79. The van der Waals surface area contributed by atoms with E-state index in [0.717, 1.165) is 42.5 Å². The van der Waals surface area contributed by atoms with Gasteiger partial charge in [-0.05, 0) is 51.2 Å². The molecule has 2 aliphatic heterocycles. The van der Waals surface area contributed by atoms with E-state index in [1.54, 1.807) is 13.2 Å². The fraction of sp³-hybridized carbons (Fsp3) is 0.567. The van der Waals surface area contributed by atoms with Gasteiger partial charge in [0.2, 0.25) is 0 Å². The van der Waals surface area contributed by atoms with E-state index in [0.29, 0.717) is 19.1 Å². The summed E-state index contributed by atoms with van der Waals surface area (Å²) in [5.74, 6) is 1.52. The number of ether oxygens (including phenoxy) is 2. The van der Waals surface area contributed by atoms with Crippen molar-refractivity contribution in [2.24, 2.45) is 5.92 Å². The molecule has 210 valence electrons. The smallest absolute Gasteiger partial charge is 0.414 e. The maximum atomic E-state index is 12.5. The number of piperazine rings is 1. The highest BCUT2D eigenvalue weighted by Crippen LogP contribution is 2.40. The number of amides is 2. The normalized spacial score (nSPS) is 19.7. The Kier molecular flexibility index (Phi) is 7.71. The fourth-order valence-electron chi connectivity index (χ4n) is 5.33. The molecular formula is C30H41N5O4. The van der Waals surface area contributed by atoms with Gasteiger partial charge in [-0.15, -0.1) is 0 Å². The van der Waals surface area contributed by atoms with E-state index >= 15 is 0 Å². The van der Waals surface area contributed by atoms with Crippen LogP contribution in [0, 0.1) is 5.92 Å². The minimum absolute atomic E-state index is 0.0460. The topological polar surface area (TPSA) is 87.2 Å². The summed E-state index contributed by atoms with van der Waals surface area (Å²) < 4.78 is 10.7. The number of fused-ring (bicyclic) bond motifs is 1. The van der Waals surface area contributed by atoms with E-state index in [9.17, 15) is 9.59 Å². The molecule has 2 aromatic rings. The first-order valence-electron chi connectivity index (χ1n) is 14.0. The first kappa shape index (κ1) is 27.2. The molecule has 9 nitrogen and oxygen atoms in total. The van der Waals surface area contributed by atoms with E-state index in [2.05, 4.69) is 46.4 Å². The number of pyridine rings is 1. The molecule has 2 amide bonds. The van der Waals surface area contributed by atoms with Gasteiger partial charge in [0.25, 0.3) is 0 Å². The summed E-state index contributed by atoms with van der Waals surface area (Å²) in [6.07, 6.45) is 4.99. The largest absolute Gasteiger partial charge is 0.444 e. The first-order valence-corrected chi connectivity index (χ1v) is 14.0. The predicted octanol–water partition coefficient (Wildman–Crippen LogP) is 5.74. The Bertz CT molecular complexity index is 1180. The molecule has 2 unspecified atom stereocenters. The van der Waals surface area contributed by atoms with E-state index in [1.807, 2.05) is 31.7 Å². The van der Waals surface area contributed by atoms with Crippen molar-refractivity contribution >= 4 is 23.7 Å². The second-order valence-electron chi connectivity index (χ2n) is 12.0. The molecular weight excluding hydrogens is 494 g/mol. The maximum Gasteiger partial charge on any atom is 0.414 e. The number of benzene rings is 1. The van der Waals surface area contributed by atoms with Gasteiger partial charge >= 0.3 is 12.2 Å². The summed E-state index contributed by atoms with van der Waals surface area (Å²) in [4.78, 5) is 34.9. The Balaban J connectivity index is 1.23. The standard InChI is InChI=1S/C30H41N5O4/c1-20(32-27-17-25-24(18-31-27)19-38-28(36)33(25)5)22-8-10-23(11-9-22)26(16-21-6-7-21)34-12-14-35(15-13-34)29(37)39-30(2,3)4/h8-11,17-18,20-21,26H,6-7,12-16,19H2,1-5H3,(H,31,32). The van der Waals surface area contributed by atoms with Crippen LogP contribution in [0.3, 0.4) is 0 Å². The molecule has 2 fully saturated rings. The summed E-state index contributed by atoms with van der Waals surface area (Å²) in [5.41, 5.74) is 3.74. The van der Waals surface area contributed by atoms with Crippen molar-refractivity contribution in [3.05, 3.63) is 53.2 Å². The molecule has 0 spiro atoms. The Morgan fingerprint density at radius 1 is 1.13 bits per heavy atom. The number of anilines is 2. The molecule has 1 N–H and O–H groups in total. The van der Waals surface area contributed by atoms with Crippen molar-refractivity contribution in [3.8, 4) is 0 Å². The zero-order chi connectivity index (χ0) is 27.7. The molecule has 1 aliphatic carbocycles. The van der Waals surface area contributed by atoms with Crippen molar-refractivity contribution in [1.82, 2.24) is 14.8 Å². The summed E-state index contributed by atoms with van der Waals surface area (Å²) in [6, 6.07) is 11.2. The number of carbonyl (C=O) groups excluding carboxylic acids is 2. The highest BCUT2D eigenvalue weighted by atomic mass is 16.6. The lowest BCUT2D eigenvalue weighted by Crippen LogP contribution is -2.50. The Morgan fingerprint density at radius 2 is 1.79 bits per heavy atom. The SMILES string of the molecule is CC(Nc1cc2c(cn1)COC(=O)N2C)c1ccc(C(CC2CC2)N2CCN(C(=O)OC(C)(C)C)CC2)cc1. The molecule has 0 radical (unpaired) electrons. The average Bonchev–Trinajstić information content (AvgIpc) is 3.73. The van der Waals surface area contributed by atoms with Gasteiger partial charge < -0.3 is 19.7 Å². The molecule has 5 rings (SSSR count). The highest BCUT2D eigenvalue weighted by molar-refractivity contribution is 5.90. The van der Waals surface area contributed by atoms with Crippen LogP contribution < -0.4 is 10.2 Å². The summed E-state index contributed by atoms with van der Waals surface area (Å²) in [7, 11) is 1.71. The number of hydrogen-bond donors (Lipinski definition) is 1. The average molecular weight is 536 g/mol. The summed E-state index contributed by atoms with van der Waals surface area (Å²) in [5, 5.41) is 3.48. The molecule has 1 aromatic carbocycles. The van der Waals surface area contributed by atoms with Crippen LogP contribution in [0.2, 0.25) is 0 Å². The van der Waals surface area contributed by atoms with Crippen LogP contribution in [0.4, 0.5) is 21.1 Å². The summed E-state index contributed by atoms with van der Waals surface area (Å²) >= 11 is 0. The van der Waals surface area contributed by atoms with Crippen molar-refractivity contribution in [2.45, 2.75) is 71.2 Å². The lowest BCUT2D eigenvalue weighted by Gasteiger charge is -2.40. The van der Waals surface area contributed by atoms with Gasteiger partial charge in [-0.25, -0.2) is 14.6 Å². The van der Waals surface area contributed by atoms with Crippen molar-refractivity contribution < 1.29 is 19.1 Å². The quantitative estimate of drug-likeness (QED) is 0.484. The van der Waals surface area contributed by atoms with Gasteiger partial charge in [-0.3, -0.25) is 9.80 Å². The number of nitrogens with one attached hydrogen (secondary N) is 1. The molecule has 3 heterocycles. The molecule has 2 atom stereocenters. The van der Waals surface area contributed by atoms with Gasteiger partial charge in [-0.2, -0.15) is 0 Å². The molecule has 1 aromatic heterocycles. The molecule has 1 saturated heterocycles. The van der Waals surface area contributed by atoms with E-state index < -0.39 is 5.60 Å². The van der Waals surface area contributed by atoms with E-state index in [-0.39, 0.29) is 24.8 Å². The van der Waals surface area contributed by atoms with Gasteiger partial charge in [-0.1, -0.05) is 37.1 Å². The fourth-order valence-corrected chi connectivity index (χ4v) is 5.33. The molecule has 3 aliphatic rings. The van der Waals surface area contributed by atoms with Crippen LogP contribution in [0.1, 0.15) is 75.7 Å². The molecule has 39 heavy (non-hydrogen) atoms. The van der Waals surface area contributed by atoms with Gasteiger partial charge in [0, 0.05) is 63.1 Å². The number of nitrogens with zero attached hydrogens (tertiary/aromatic N) is 4. The van der Waals surface area contributed by atoms with Crippen LogP contribution in [0.25, 0.3) is 0 Å². The molecule has 1 saturated carbocycles. The van der Waals surface area contributed by atoms with Gasteiger partial charge in [0.1, 0.15) is 18.0 Å². The lowest BCUT2D eigenvalue weighted by molar-refractivity contribution is 0.00941. The van der Waals surface area contributed by atoms with Crippen LogP contribution in [-0.4, -0.2) is 65.8 Å². The Hall–Kier alpha value is -3.33. The third-order valence-electron chi connectivity index (χ3n) is 7.79. The molecule has 0 bridgehead atoms. The Morgan fingerprint density at radius 3 is 2.44 bits per heavy atom. The van der Waals surface area contributed by atoms with E-state index in [1.165, 1.54) is 28.9 Å². The third kappa shape index (κ3) is 6.64. The zero-order valence-electron chi connectivity index (χ0n) is 23.8. The van der Waals surface area contributed by atoms with Crippen molar-refractivity contribution in [1.29, 1.82) is 0 Å². The van der Waals surface area contributed by atoms with Gasteiger partial charge in [0.05, 0.1) is 5.69 Å². The zero-order valence-corrected chi connectivity index (χ0v) is 23.8. The predicted molar refractivity (Wildman–Crippen MR) is 151 cm³/mol. The molecule has 9 heteroatoms. The minimum Gasteiger partial charge on any atom is -0.444 e. The van der Waals surface area contributed by atoms with Crippen molar-refractivity contribution in [2.75, 3.05) is 43.4 Å². The number of cyclic esters (lactones) is 1. The first-order chi connectivity index (χ1) is 18.6. The number of carbonyl (C=O) groups is 2. The van der Waals surface area contributed by atoms with Crippen LogP contribution in [0.5, 0.6) is 0 Å². The number of rotatable bonds is 7. The van der Waals surface area contributed by atoms with Gasteiger partial charge in [0.15, 0.2) is 0 Å². The van der Waals surface area contributed by atoms with Crippen LogP contribution in [-0.2, 0) is 16.1 Å².